The number of benzene rings is 1. The number of amides is 1. The molecule has 1 aromatic carbocycles. The molecule has 2 saturated heterocycles. The van der Waals surface area contributed by atoms with Gasteiger partial charge in [-0.2, -0.15) is 0 Å². The highest BCUT2D eigenvalue weighted by molar-refractivity contribution is 6.30. The zero-order valence-corrected chi connectivity index (χ0v) is 16.3. The third-order valence-corrected chi connectivity index (χ3v) is 5.32. The highest BCUT2D eigenvalue weighted by atomic mass is 35.5. The van der Waals surface area contributed by atoms with Crippen molar-refractivity contribution in [3.8, 4) is 5.75 Å². The standard InChI is InChI=1S/C19H27ClN2O2.ClH/c1-13-9-15(20)3-6-18(13)24-8-2-7-21-19(23)12-14-10-16-4-5-17(11-14)22-16;/h3,6,9,14,16-17,22H,2,4-5,7-8,10-12H2,1H3,(H,21,23);1H. The van der Waals surface area contributed by atoms with E-state index in [2.05, 4.69) is 10.6 Å². The van der Waals surface area contributed by atoms with Crippen molar-refractivity contribution in [2.24, 2.45) is 5.92 Å². The number of rotatable bonds is 7. The zero-order chi connectivity index (χ0) is 16.9. The molecule has 0 saturated carbocycles. The fourth-order valence-electron chi connectivity index (χ4n) is 3.93. The molecule has 25 heavy (non-hydrogen) atoms. The van der Waals surface area contributed by atoms with Crippen LogP contribution in [0, 0.1) is 12.8 Å². The van der Waals surface area contributed by atoms with Crippen LogP contribution >= 0.6 is 24.0 Å². The maximum atomic E-state index is 12.1. The summed E-state index contributed by atoms with van der Waals surface area (Å²) in [6.07, 6.45) is 6.36. The molecule has 140 valence electrons. The van der Waals surface area contributed by atoms with Crippen LogP contribution in [0.1, 0.15) is 44.1 Å². The van der Waals surface area contributed by atoms with Crippen LogP contribution in [0.4, 0.5) is 0 Å². The molecule has 2 bridgehead atoms. The van der Waals surface area contributed by atoms with E-state index in [-0.39, 0.29) is 18.3 Å². The van der Waals surface area contributed by atoms with E-state index in [0.29, 0.717) is 37.6 Å². The summed E-state index contributed by atoms with van der Waals surface area (Å²) in [6.45, 7) is 3.25. The van der Waals surface area contributed by atoms with Gasteiger partial charge in [-0.3, -0.25) is 4.79 Å². The van der Waals surface area contributed by atoms with Gasteiger partial charge in [0.1, 0.15) is 5.75 Å². The number of fused-ring (bicyclic) bond motifs is 2. The SMILES string of the molecule is Cc1cc(Cl)ccc1OCCCNC(=O)CC1CC2CCC(C1)N2.Cl. The second kappa shape index (κ2) is 9.65. The first kappa shape index (κ1) is 20.3. The average Bonchev–Trinajstić information content (AvgIpc) is 2.87. The lowest BCUT2D eigenvalue weighted by Gasteiger charge is -2.28. The maximum absolute atomic E-state index is 12.1. The van der Waals surface area contributed by atoms with E-state index in [1.807, 2.05) is 25.1 Å². The van der Waals surface area contributed by atoms with E-state index >= 15 is 0 Å². The van der Waals surface area contributed by atoms with E-state index in [9.17, 15) is 4.79 Å². The Labute approximate surface area is 161 Å². The van der Waals surface area contributed by atoms with Crippen molar-refractivity contribution in [2.45, 2.75) is 57.5 Å². The predicted octanol–water partition coefficient (Wildman–Crippen LogP) is 3.88. The van der Waals surface area contributed by atoms with Gasteiger partial charge >= 0.3 is 0 Å². The lowest BCUT2D eigenvalue weighted by atomic mass is 9.89. The van der Waals surface area contributed by atoms with Crippen LogP contribution in [0.3, 0.4) is 0 Å². The predicted molar refractivity (Wildman–Crippen MR) is 104 cm³/mol. The molecule has 3 rings (SSSR count). The highest BCUT2D eigenvalue weighted by Gasteiger charge is 2.33. The van der Waals surface area contributed by atoms with Crippen LogP contribution in [0.15, 0.2) is 18.2 Å². The number of carbonyl (C=O) groups is 1. The Morgan fingerprint density at radius 1 is 1.32 bits per heavy atom. The van der Waals surface area contributed by atoms with E-state index in [1.165, 1.54) is 12.8 Å². The maximum Gasteiger partial charge on any atom is 0.220 e. The third kappa shape index (κ3) is 6.05. The summed E-state index contributed by atoms with van der Waals surface area (Å²) in [5, 5.41) is 7.37. The Morgan fingerprint density at radius 3 is 2.72 bits per heavy atom. The fraction of sp³-hybridized carbons (Fsp3) is 0.632. The molecular weight excluding hydrogens is 359 g/mol. The monoisotopic (exact) mass is 386 g/mol. The summed E-state index contributed by atoms with van der Waals surface area (Å²) in [5.74, 6) is 1.59. The first-order valence-electron chi connectivity index (χ1n) is 9.02. The van der Waals surface area contributed by atoms with Gasteiger partial charge in [-0.1, -0.05) is 11.6 Å². The van der Waals surface area contributed by atoms with Crippen LogP contribution in [0.2, 0.25) is 5.02 Å². The van der Waals surface area contributed by atoms with Gasteiger partial charge in [-0.15, -0.1) is 12.4 Å². The van der Waals surface area contributed by atoms with E-state index < -0.39 is 0 Å². The van der Waals surface area contributed by atoms with Gasteiger partial charge in [0.2, 0.25) is 5.91 Å². The van der Waals surface area contributed by atoms with E-state index in [0.717, 1.165) is 35.6 Å². The van der Waals surface area contributed by atoms with Crippen molar-refractivity contribution in [1.29, 1.82) is 0 Å². The van der Waals surface area contributed by atoms with Gasteiger partial charge in [0.15, 0.2) is 0 Å². The first-order valence-corrected chi connectivity index (χ1v) is 9.39. The number of halogens is 2. The number of ether oxygens (including phenoxy) is 1. The third-order valence-electron chi connectivity index (χ3n) is 5.08. The largest absolute Gasteiger partial charge is 0.493 e. The van der Waals surface area contributed by atoms with Gasteiger partial charge < -0.3 is 15.4 Å². The van der Waals surface area contributed by atoms with Crippen molar-refractivity contribution >= 4 is 29.9 Å². The topological polar surface area (TPSA) is 50.4 Å². The fourth-order valence-corrected chi connectivity index (χ4v) is 4.16. The number of carbonyl (C=O) groups excluding carboxylic acids is 1. The molecule has 0 radical (unpaired) electrons. The Morgan fingerprint density at radius 2 is 2.04 bits per heavy atom. The Hall–Kier alpha value is -0.970. The van der Waals surface area contributed by atoms with Gasteiger partial charge in [0.05, 0.1) is 6.61 Å². The Bertz CT molecular complexity index is 571. The molecule has 2 unspecified atom stereocenters. The number of hydrogen-bond acceptors (Lipinski definition) is 3. The molecule has 6 heteroatoms. The van der Waals surface area contributed by atoms with Crippen LogP contribution in [-0.4, -0.2) is 31.1 Å². The molecule has 2 fully saturated rings. The molecule has 2 N–H and O–H groups in total. The lowest BCUT2D eigenvalue weighted by molar-refractivity contribution is -0.122. The molecule has 2 aliphatic heterocycles. The number of hydrogen-bond donors (Lipinski definition) is 2. The molecule has 1 amide bonds. The highest BCUT2D eigenvalue weighted by Crippen LogP contribution is 2.32. The molecule has 0 aromatic heterocycles. The van der Waals surface area contributed by atoms with Crippen molar-refractivity contribution in [2.75, 3.05) is 13.2 Å². The normalized spacial score (nSPS) is 24.5. The Balaban J connectivity index is 0.00000225. The van der Waals surface area contributed by atoms with Crippen LogP contribution in [0.25, 0.3) is 0 Å². The molecule has 2 heterocycles. The van der Waals surface area contributed by atoms with Gasteiger partial charge in [-0.25, -0.2) is 0 Å². The van der Waals surface area contributed by atoms with Crippen LogP contribution in [-0.2, 0) is 4.79 Å². The summed E-state index contributed by atoms with van der Waals surface area (Å²) in [7, 11) is 0. The number of piperidine rings is 1. The first-order chi connectivity index (χ1) is 11.6. The number of aryl methyl sites for hydroxylation is 1. The van der Waals surface area contributed by atoms with Crippen molar-refractivity contribution in [1.82, 2.24) is 10.6 Å². The van der Waals surface area contributed by atoms with Gasteiger partial charge in [0.25, 0.3) is 0 Å². The van der Waals surface area contributed by atoms with E-state index in [1.54, 1.807) is 0 Å². The second-order valence-corrected chi connectivity index (χ2v) is 7.58. The zero-order valence-electron chi connectivity index (χ0n) is 14.7. The molecular formula is C19H28Cl2N2O2. The summed E-state index contributed by atoms with van der Waals surface area (Å²) in [4.78, 5) is 12.1. The lowest BCUT2D eigenvalue weighted by Crippen LogP contribution is -2.39. The molecule has 4 nitrogen and oxygen atoms in total. The van der Waals surface area contributed by atoms with Gasteiger partial charge in [-0.05, 0) is 68.7 Å². The minimum Gasteiger partial charge on any atom is -0.493 e. The quantitative estimate of drug-likeness (QED) is 0.699. The summed E-state index contributed by atoms with van der Waals surface area (Å²) in [5.41, 5.74) is 1.03. The van der Waals surface area contributed by atoms with Crippen molar-refractivity contribution < 1.29 is 9.53 Å². The molecule has 0 spiro atoms. The molecule has 1 aromatic rings. The van der Waals surface area contributed by atoms with E-state index in [4.69, 9.17) is 16.3 Å². The molecule has 2 atom stereocenters. The van der Waals surface area contributed by atoms with Crippen molar-refractivity contribution in [3.05, 3.63) is 28.8 Å². The van der Waals surface area contributed by atoms with Crippen LogP contribution < -0.4 is 15.4 Å². The average molecular weight is 387 g/mol. The minimum absolute atomic E-state index is 0. The summed E-state index contributed by atoms with van der Waals surface area (Å²) in [6, 6.07) is 6.92. The minimum atomic E-state index is 0. The van der Waals surface area contributed by atoms with Crippen LogP contribution in [0.5, 0.6) is 5.75 Å². The molecule has 0 aliphatic carbocycles. The summed E-state index contributed by atoms with van der Waals surface area (Å²) >= 11 is 5.93. The number of nitrogens with one attached hydrogen (secondary N) is 2. The molecule has 2 aliphatic rings. The van der Waals surface area contributed by atoms with Gasteiger partial charge in [0, 0.05) is 30.1 Å². The summed E-state index contributed by atoms with van der Waals surface area (Å²) < 4.78 is 5.74. The Kier molecular flexibility index (Phi) is 7.85. The second-order valence-electron chi connectivity index (χ2n) is 7.14. The smallest absolute Gasteiger partial charge is 0.220 e. The van der Waals surface area contributed by atoms with Crippen molar-refractivity contribution in [3.63, 3.8) is 0 Å².